The van der Waals surface area contributed by atoms with E-state index in [9.17, 15) is 9.59 Å². The first-order chi connectivity index (χ1) is 5.49. The van der Waals surface area contributed by atoms with Gasteiger partial charge in [0, 0.05) is 13.0 Å². The van der Waals surface area contributed by atoms with E-state index in [1.54, 1.807) is 13.8 Å². The van der Waals surface area contributed by atoms with E-state index in [4.69, 9.17) is 0 Å². The van der Waals surface area contributed by atoms with Crippen LogP contribution in [0.3, 0.4) is 0 Å². The maximum Gasteiger partial charge on any atom is 0.359 e. The molecule has 0 unspecified atom stereocenters. The van der Waals surface area contributed by atoms with E-state index in [0.29, 0.717) is 0 Å². The van der Waals surface area contributed by atoms with Crippen molar-refractivity contribution >= 4 is 17.5 Å². The number of ketones is 1. The van der Waals surface area contributed by atoms with Crippen LogP contribution in [0, 0.1) is 0 Å². The molecule has 0 saturated heterocycles. The smallest absolute Gasteiger partial charge is 0.359 e. The first-order valence-corrected chi connectivity index (χ1v) is 3.66. The molecule has 0 saturated carbocycles. The summed E-state index contributed by atoms with van der Waals surface area (Å²) in [5, 5.41) is 0. The molecule has 4 nitrogen and oxygen atoms in total. The third-order valence-corrected chi connectivity index (χ3v) is 1.10. The van der Waals surface area contributed by atoms with Crippen LogP contribution in [0.5, 0.6) is 0 Å². The lowest BCUT2D eigenvalue weighted by molar-refractivity contribution is -0.133. The molecule has 0 aliphatic heterocycles. The van der Waals surface area contributed by atoms with Gasteiger partial charge in [0.05, 0.1) is 7.11 Å². The van der Waals surface area contributed by atoms with Crippen LogP contribution in [0.4, 0.5) is 0 Å². The zero-order valence-electron chi connectivity index (χ0n) is 7.75. The van der Waals surface area contributed by atoms with Crippen molar-refractivity contribution in [1.82, 2.24) is 0 Å². The standard InChI is InChI=1S/C8H13NO3/c1-5(2)9-7(6(3)10)8(11)12-4/h5H,1-4H3. The molecule has 0 radical (unpaired) electrons. The third kappa shape index (κ3) is 3.27. The van der Waals surface area contributed by atoms with Crippen LogP contribution in [0.15, 0.2) is 4.99 Å². The molecule has 68 valence electrons. The Balaban J connectivity index is 4.67. The van der Waals surface area contributed by atoms with Gasteiger partial charge in [-0.2, -0.15) is 0 Å². The van der Waals surface area contributed by atoms with Gasteiger partial charge in [-0.1, -0.05) is 0 Å². The molecule has 0 rings (SSSR count). The molecule has 0 spiro atoms. The number of nitrogens with zero attached hydrogens (tertiary/aromatic N) is 1. The molecule has 0 aromatic rings. The minimum atomic E-state index is -0.670. The zero-order chi connectivity index (χ0) is 9.72. The average Bonchev–Trinajstić information content (AvgIpc) is 1.98. The summed E-state index contributed by atoms with van der Waals surface area (Å²) in [6, 6.07) is -0.0806. The van der Waals surface area contributed by atoms with Gasteiger partial charge in [0.25, 0.3) is 0 Å². The largest absolute Gasteiger partial charge is 0.464 e. The quantitative estimate of drug-likeness (QED) is 0.355. The summed E-state index contributed by atoms with van der Waals surface area (Å²) < 4.78 is 4.38. The third-order valence-electron chi connectivity index (χ3n) is 1.10. The van der Waals surface area contributed by atoms with Gasteiger partial charge in [0.15, 0.2) is 11.5 Å². The van der Waals surface area contributed by atoms with Crippen molar-refractivity contribution in [1.29, 1.82) is 0 Å². The summed E-state index contributed by atoms with van der Waals surface area (Å²) >= 11 is 0. The first-order valence-electron chi connectivity index (χ1n) is 3.66. The summed E-state index contributed by atoms with van der Waals surface area (Å²) in [4.78, 5) is 25.6. The van der Waals surface area contributed by atoms with E-state index in [0.717, 1.165) is 0 Å². The molecule has 0 aromatic carbocycles. The maximum atomic E-state index is 10.9. The van der Waals surface area contributed by atoms with Gasteiger partial charge in [-0.25, -0.2) is 4.79 Å². The van der Waals surface area contributed by atoms with Gasteiger partial charge in [-0.3, -0.25) is 9.79 Å². The Kier molecular flexibility index (Phi) is 4.18. The van der Waals surface area contributed by atoms with Crippen LogP contribution in [0.2, 0.25) is 0 Å². The molecule has 0 aromatic heterocycles. The Bertz CT molecular complexity index is 218. The Hall–Kier alpha value is -1.19. The molecule has 0 N–H and O–H groups in total. The normalized spacial score (nSPS) is 11.6. The number of rotatable bonds is 3. The molecule has 0 bridgehead atoms. The summed E-state index contributed by atoms with van der Waals surface area (Å²) in [6.45, 7) is 4.86. The van der Waals surface area contributed by atoms with Crippen molar-refractivity contribution in [2.24, 2.45) is 4.99 Å². The zero-order valence-corrected chi connectivity index (χ0v) is 7.75. The fraction of sp³-hybridized carbons (Fsp3) is 0.625. The number of carbonyl (C=O) groups excluding carboxylic acids is 2. The van der Waals surface area contributed by atoms with Gasteiger partial charge in [0.2, 0.25) is 0 Å². The molecule has 0 aliphatic rings. The van der Waals surface area contributed by atoms with Crippen molar-refractivity contribution in [2.45, 2.75) is 26.8 Å². The molecular formula is C8H13NO3. The summed E-state index contributed by atoms with van der Waals surface area (Å²) in [5.74, 6) is -1.04. The van der Waals surface area contributed by atoms with Crippen LogP contribution in [0.1, 0.15) is 20.8 Å². The SMILES string of the molecule is COC(=O)C(=NC(C)C)C(C)=O. The lowest BCUT2D eigenvalue weighted by Gasteiger charge is -2.01. The summed E-state index contributed by atoms with van der Waals surface area (Å²) in [7, 11) is 1.22. The molecule has 0 atom stereocenters. The highest BCUT2D eigenvalue weighted by molar-refractivity contribution is 6.64. The van der Waals surface area contributed by atoms with Gasteiger partial charge in [-0.15, -0.1) is 0 Å². The fourth-order valence-corrected chi connectivity index (χ4v) is 0.642. The van der Waals surface area contributed by atoms with Crippen molar-refractivity contribution in [3.63, 3.8) is 0 Å². The average molecular weight is 171 g/mol. The monoisotopic (exact) mass is 171 g/mol. The van der Waals surface area contributed by atoms with Crippen molar-refractivity contribution in [2.75, 3.05) is 7.11 Å². The number of carbonyl (C=O) groups is 2. The number of hydrogen-bond donors (Lipinski definition) is 0. The number of hydrogen-bond acceptors (Lipinski definition) is 4. The van der Waals surface area contributed by atoms with E-state index in [2.05, 4.69) is 9.73 Å². The number of Topliss-reactive ketones (excluding diaryl/α,β-unsaturated/α-hetero) is 1. The van der Waals surface area contributed by atoms with E-state index < -0.39 is 5.97 Å². The maximum absolute atomic E-state index is 10.9. The van der Waals surface area contributed by atoms with Gasteiger partial charge < -0.3 is 4.74 Å². The number of esters is 1. The predicted octanol–water partition coefficient (Wildman–Crippen LogP) is 0.598. The Morgan fingerprint density at radius 3 is 2.08 bits per heavy atom. The minimum Gasteiger partial charge on any atom is -0.464 e. The van der Waals surface area contributed by atoms with E-state index in [1.165, 1.54) is 14.0 Å². The van der Waals surface area contributed by atoms with Gasteiger partial charge in [-0.05, 0) is 13.8 Å². The van der Waals surface area contributed by atoms with Crippen LogP contribution in [-0.4, -0.2) is 30.6 Å². The van der Waals surface area contributed by atoms with E-state index in [1.807, 2.05) is 0 Å². The van der Waals surface area contributed by atoms with E-state index in [-0.39, 0.29) is 17.5 Å². The molecule has 12 heavy (non-hydrogen) atoms. The summed E-state index contributed by atoms with van der Waals surface area (Å²) in [5.41, 5.74) is -0.118. The second kappa shape index (κ2) is 4.64. The molecule has 0 aliphatic carbocycles. The number of methoxy groups -OCH3 is 1. The first kappa shape index (κ1) is 10.8. The van der Waals surface area contributed by atoms with Crippen LogP contribution in [-0.2, 0) is 14.3 Å². The number of aliphatic imine (C=N–C) groups is 1. The lowest BCUT2D eigenvalue weighted by Crippen LogP contribution is -2.24. The second-order valence-electron chi connectivity index (χ2n) is 2.62. The van der Waals surface area contributed by atoms with Crippen LogP contribution in [0.25, 0.3) is 0 Å². The molecule has 0 fully saturated rings. The highest BCUT2D eigenvalue weighted by atomic mass is 16.5. The highest BCUT2D eigenvalue weighted by Crippen LogP contribution is 1.92. The van der Waals surface area contributed by atoms with Gasteiger partial charge in [0.1, 0.15) is 0 Å². The summed E-state index contributed by atoms with van der Waals surface area (Å²) in [6.07, 6.45) is 0. The molecule has 4 heteroatoms. The number of ether oxygens (including phenoxy) is 1. The topological polar surface area (TPSA) is 55.7 Å². The van der Waals surface area contributed by atoms with Crippen molar-refractivity contribution in [3.8, 4) is 0 Å². The Morgan fingerprint density at radius 1 is 1.33 bits per heavy atom. The fourth-order valence-electron chi connectivity index (χ4n) is 0.642. The van der Waals surface area contributed by atoms with Crippen LogP contribution < -0.4 is 0 Å². The van der Waals surface area contributed by atoms with Crippen molar-refractivity contribution < 1.29 is 14.3 Å². The second-order valence-corrected chi connectivity index (χ2v) is 2.62. The highest BCUT2D eigenvalue weighted by Gasteiger charge is 2.16. The molecule has 0 heterocycles. The van der Waals surface area contributed by atoms with E-state index >= 15 is 0 Å². The van der Waals surface area contributed by atoms with Crippen molar-refractivity contribution in [3.05, 3.63) is 0 Å². The van der Waals surface area contributed by atoms with Crippen LogP contribution >= 0.6 is 0 Å². The molecular weight excluding hydrogens is 158 g/mol. The lowest BCUT2D eigenvalue weighted by atomic mass is 10.2. The molecule has 0 amide bonds. The Labute approximate surface area is 71.6 Å². The van der Waals surface area contributed by atoms with Gasteiger partial charge >= 0.3 is 5.97 Å². The Morgan fingerprint density at radius 2 is 1.83 bits per heavy atom. The minimum absolute atomic E-state index is 0.0806. The predicted molar refractivity (Wildman–Crippen MR) is 45.3 cm³/mol.